The molecule has 194 valence electrons. The summed E-state index contributed by atoms with van der Waals surface area (Å²) in [6.07, 6.45) is 9.11. The highest BCUT2D eigenvalue weighted by Gasteiger charge is 2.56. The van der Waals surface area contributed by atoms with E-state index in [4.69, 9.17) is 4.43 Å². The van der Waals surface area contributed by atoms with Crippen LogP contribution in [0.5, 0.6) is 0 Å². The zero-order valence-electron chi connectivity index (χ0n) is 22.3. The summed E-state index contributed by atoms with van der Waals surface area (Å²) in [6, 6.07) is 7.17. The van der Waals surface area contributed by atoms with E-state index in [0.29, 0.717) is 36.2 Å². The molecule has 0 N–H and O–H groups in total. The van der Waals surface area contributed by atoms with Crippen molar-refractivity contribution in [2.24, 2.45) is 17.3 Å². The van der Waals surface area contributed by atoms with Crippen molar-refractivity contribution in [3.05, 3.63) is 42.0 Å². The summed E-state index contributed by atoms with van der Waals surface area (Å²) in [5, 5.41) is 0.122. The molecule has 3 aliphatic rings. The smallest absolute Gasteiger partial charge is 0.243 e. The highest BCUT2D eigenvalue weighted by molar-refractivity contribution is 7.89. The molecule has 1 aromatic rings. The largest absolute Gasteiger partial charge is 0.414 e. The van der Waals surface area contributed by atoms with Gasteiger partial charge in [0.25, 0.3) is 0 Å². The van der Waals surface area contributed by atoms with Gasteiger partial charge in [0.2, 0.25) is 10.0 Å². The van der Waals surface area contributed by atoms with Crippen LogP contribution < -0.4 is 0 Å². The fourth-order valence-corrected chi connectivity index (χ4v) is 9.17. The summed E-state index contributed by atoms with van der Waals surface area (Å²) in [4.78, 5) is 12.8. The quantitative estimate of drug-likeness (QED) is 0.453. The Balaban J connectivity index is 1.61. The van der Waals surface area contributed by atoms with Crippen molar-refractivity contribution in [1.82, 2.24) is 4.31 Å². The van der Waals surface area contributed by atoms with Gasteiger partial charge < -0.3 is 4.43 Å². The fourth-order valence-electron chi connectivity index (χ4n) is 6.28. The van der Waals surface area contributed by atoms with Crippen molar-refractivity contribution >= 4 is 24.1 Å². The van der Waals surface area contributed by atoms with Gasteiger partial charge in [-0.3, -0.25) is 4.79 Å². The lowest BCUT2D eigenvalue weighted by Crippen LogP contribution is -2.46. The molecule has 1 saturated carbocycles. The molecule has 1 spiro atoms. The van der Waals surface area contributed by atoms with E-state index in [2.05, 4.69) is 39.9 Å². The second-order valence-electron chi connectivity index (χ2n) is 12.5. The monoisotopic (exact) mass is 517 g/mol. The Morgan fingerprint density at radius 3 is 2.40 bits per heavy atom. The van der Waals surface area contributed by atoms with Gasteiger partial charge in [-0.1, -0.05) is 44.5 Å². The van der Waals surface area contributed by atoms with Crippen LogP contribution in [0.1, 0.15) is 64.9 Å². The molecule has 35 heavy (non-hydrogen) atoms. The second-order valence-corrected chi connectivity index (χ2v) is 19.2. The Morgan fingerprint density at radius 2 is 1.74 bits per heavy atom. The van der Waals surface area contributed by atoms with Gasteiger partial charge in [-0.15, -0.1) is 0 Å². The van der Waals surface area contributed by atoms with E-state index in [0.717, 1.165) is 37.7 Å². The predicted octanol–water partition coefficient (Wildman–Crippen LogP) is 6.10. The first-order chi connectivity index (χ1) is 16.3. The highest BCUT2D eigenvalue weighted by atomic mass is 32.2. The maximum atomic E-state index is 13.5. The number of rotatable bonds is 4. The van der Waals surface area contributed by atoms with Gasteiger partial charge in [0.1, 0.15) is 0 Å². The number of sulfonamides is 1. The molecule has 2 fully saturated rings. The van der Waals surface area contributed by atoms with E-state index in [1.54, 1.807) is 22.5 Å². The van der Waals surface area contributed by atoms with Crippen molar-refractivity contribution in [3.63, 3.8) is 0 Å². The number of hydrogen-bond acceptors (Lipinski definition) is 4. The van der Waals surface area contributed by atoms with Crippen LogP contribution in [0.25, 0.3) is 0 Å². The lowest BCUT2D eigenvalue weighted by Gasteiger charge is -2.43. The summed E-state index contributed by atoms with van der Waals surface area (Å²) < 4.78 is 35.6. The minimum absolute atomic E-state index is 0.0649. The van der Waals surface area contributed by atoms with Crippen molar-refractivity contribution in [3.8, 4) is 0 Å². The number of allylic oxidation sites excluding steroid dienone is 2. The second kappa shape index (κ2) is 9.55. The van der Waals surface area contributed by atoms with E-state index in [1.807, 2.05) is 19.1 Å². The van der Waals surface area contributed by atoms with Gasteiger partial charge in [-0.05, 0) is 92.6 Å². The first-order valence-corrected chi connectivity index (χ1v) is 17.6. The van der Waals surface area contributed by atoms with Gasteiger partial charge in [-0.25, -0.2) is 8.42 Å². The van der Waals surface area contributed by atoms with Crippen LogP contribution in [0.2, 0.25) is 18.1 Å². The Labute approximate surface area is 213 Å². The van der Waals surface area contributed by atoms with Gasteiger partial charge in [-0.2, -0.15) is 4.31 Å². The van der Waals surface area contributed by atoms with Gasteiger partial charge in [0, 0.05) is 25.6 Å². The molecule has 1 aliphatic heterocycles. The number of ketones is 1. The highest BCUT2D eigenvalue weighted by Crippen LogP contribution is 2.59. The standard InChI is InChI=1S/C28H43NO4SSi/c1-21-10-12-24(13-11-21)34(31,32)29-17-7-9-25-26(33-35(5,6)27(2,3)4)20-22-19-23(30)14-16-28(22,25)15-8-18-29/h10-14,16,22,25-26H,7-9,15,17-20H2,1-6H3/t22-,25+,26-,28-/m0/s1. The first kappa shape index (κ1) is 26.8. The SMILES string of the molecule is Cc1ccc(S(=O)(=O)N2CCC[C@@H]3[C@@H](O[Si](C)(C)C(C)(C)C)C[C@@H]4CC(=O)C=C[C@@]43CCC2)cc1. The minimum atomic E-state index is -3.52. The Kier molecular flexibility index (Phi) is 7.30. The van der Waals surface area contributed by atoms with E-state index in [-0.39, 0.29) is 22.3 Å². The number of carbonyl (C=O) groups excluding carboxylic acids is 1. The average molecular weight is 518 g/mol. The van der Waals surface area contributed by atoms with Crippen LogP contribution in [0.4, 0.5) is 0 Å². The maximum Gasteiger partial charge on any atom is 0.243 e. The van der Waals surface area contributed by atoms with Crippen LogP contribution in [0.15, 0.2) is 41.3 Å². The molecular weight excluding hydrogens is 474 g/mol. The first-order valence-electron chi connectivity index (χ1n) is 13.2. The molecule has 1 aromatic carbocycles. The average Bonchev–Trinajstić information content (AvgIpc) is 3.08. The third-order valence-corrected chi connectivity index (χ3v) is 15.7. The van der Waals surface area contributed by atoms with Crippen molar-refractivity contribution in [1.29, 1.82) is 0 Å². The third-order valence-electron chi connectivity index (χ3n) is 9.29. The Hall–Kier alpha value is -1.28. The van der Waals surface area contributed by atoms with Crippen molar-refractivity contribution in [2.75, 3.05) is 13.1 Å². The molecule has 0 aromatic heterocycles. The summed E-state index contributed by atoms with van der Waals surface area (Å²) in [6.45, 7) is 14.5. The third kappa shape index (κ3) is 5.11. The summed E-state index contributed by atoms with van der Waals surface area (Å²) in [5.74, 6) is 0.837. The summed E-state index contributed by atoms with van der Waals surface area (Å²) in [5.41, 5.74) is 0.989. The Morgan fingerprint density at radius 1 is 1.09 bits per heavy atom. The molecule has 0 radical (unpaired) electrons. The maximum absolute atomic E-state index is 13.5. The molecule has 2 aliphatic carbocycles. The predicted molar refractivity (Wildman–Crippen MR) is 143 cm³/mol. The number of benzene rings is 1. The molecule has 0 amide bonds. The molecule has 0 unspecified atom stereocenters. The topological polar surface area (TPSA) is 63.7 Å². The zero-order chi connectivity index (χ0) is 25.6. The number of aryl methyl sites for hydroxylation is 1. The lowest BCUT2D eigenvalue weighted by molar-refractivity contribution is -0.117. The van der Waals surface area contributed by atoms with Gasteiger partial charge >= 0.3 is 0 Å². The van der Waals surface area contributed by atoms with Gasteiger partial charge in [0.05, 0.1) is 4.90 Å². The van der Waals surface area contributed by atoms with Crippen LogP contribution >= 0.6 is 0 Å². The molecule has 5 nitrogen and oxygen atoms in total. The molecular formula is C28H43NO4SSi. The molecule has 4 rings (SSSR count). The van der Waals surface area contributed by atoms with Crippen LogP contribution in [0.3, 0.4) is 0 Å². The van der Waals surface area contributed by atoms with E-state index in [1.165, 1.54) is 0 Å². The van der Waals surface area contributed by atoms with Crippen molar-refractivity contribution < 1.29 is 17.6 Å². The van der Waals surface area contributed by atoms with E-state index in [9.17, 15) is 13.2 Å². The van der Waals surface area contributed by atoms with Crippen LogP contribution in [-0.2, 0) is 19.2 Å². The van der Waals surface area contributed by atoms with Crippen LogP contribution in [-0.4, -0.2) is 46.0 Å². The van der Waals surface area contributed by atoms with E-state index >= 15 is 0 Å². The number of carbonyl (C=O) groups is 1. The van der Waals surface area contributed by atoms with E-state index < -0.39 is 18.3 Å². The van der Waals surface area contributed by atoms with Crippen LogP contribution in [0, 0.1) is 24.2 Å². The molecule has 1 saturated heterocycles. The summed E-state index contributed by atoms with van der Waals surface area (Å²) in [7, 11) is -5.50. The summed E-state index contributed by atoms with van der Waals surface area (Å²) >= 11 is 0. The zero-order valence-corrected chi connectivity index (χ0v) is 24.2. The van der Waals surface area contributed by atoms with Crippen molar-refractivity contribution in [2.45, 2.75) is 95.4 Å². The minimum Gasteiger partial charge on any atom is -0.414 e. The number of nitrogens with zero attached hydrogens (tertiary/aromatic N) is 1. The fraction of sp³-hybridized carbons (Fsp3) is 0.679. The molecule has 0 bridgehead atoms. The lowest BCUT2D eigenvalue weighted by atomic mass is 9.64. The normalized spacial score (nSPS) is 30.8. The number of hydrogen-bond donors (Lipinski definition) is 0. The molecule has 7 heteroatoms. The molecule has 4 atom stereocenters. The molecule has 1 heterocycles. The Bertz CT molecular complexity index is 1070. The van der Waals surface area contributed by atoms with Gasteiger partial charge in [0.15, 0.2) is 14.1 Å².